The second kappa shape index (κ2) is 10.1. The van der Waals surface area contributed by atoms with Crippen molar-refractivity contribution in [2.45, 2.75) is 45.6 Å². The summed E-state index contributed by atoms with van der Waals surface area (Å²) in [7, 11) is -3.62. The third kappa shape index (κ3) is 4.99. The molecule has 0 saturated carbocycles. The minimum Gasteiger partial charge on any atom is -0.394 e. The number of nitrogens with zero attached hydrogens (tertiary/aromatic N) is 4. The van der Waals surface area contributed by atoms with Gasteiger partial charge in [-0.05, 0) is 55.0 Å². The molecular formula is C25H33FN4O4S. The first-order valence-electron chi connectivity index (χ1n) is 12.1. The van der Waals surface area contributed by atoms with Crippen LogP contribution in [0.3, 0.4) is 0 Å². The maximum absolute atomic E-state index is 15.0. The number of carbonyl (C=O) groups is 1. The molecule has 2 aliphatic heterocycles. The van der Waals surface area contributed by atoms with Gasteiger partial charge in [0.1, 0.15) is 11.6 Å². The van der Waals surface area contributed by atoms with E-state index in [4.69, 9.17) is 0 Å². The van der Waals surface area contributed by atoms with E-state index in [9.17, 15) is 22.7 Å². The van der Waals surface area contributed by atoms with E-state index in [1.807, 2.05) is 13.1 Å². The SMILES string of the molecule is CCC(C)c1cnc(N2CCN(C(=O)c3ccc(N4[C@H](CO)CCS4(=O)=O)cc3F)CC2)c(C)c1. The molecule has 0 radical (unpaired) electrons. The summed E-state index contributed by atoms with van der Waals surface area (Å²) in [5.41, 5.74) is 2.35. The zero-order valence-electron chi connectivity index (χ0n) is 20.4. The molecule has 3 heterocycles. The number of aliphatic hydroxyl groups excluding tert-OH is 1. The van der Waals surface area contributed by atoms with Gasteiger partial charge in [-0.3, -0.25) is 9.10 Å². The maximum Gasteiger partial charge on any atom is 0.256 e. The number of aliphatic hydroxyl groups is 1. The van der Waals surface area contributed by atoms with Crippen LogP contribution < -0.4 is 9.21 Å². The van der Waals surface area contributed by atoms with Gasteiger partial charge in [0.05, 0.1) is 29.7 Å². The Morgan fingerprint density at radius 2 is 1.94 bits per heavy atom. The minimum atomic E-state index is -3.62. The fourth-order valence-corrected chi connectivity index (χ4v) is 6.62. The Labute approximate surface area is 206 Å². The highest BCUT2D eigenvalue weighted by atomic mass is 32.2. The number of hydrogen-bond donors (Lipinski definition) is 1. The molecule has 0 aliphatic carbocycles. The summed E-state index contributed by atoms with van der Waals surface area (Å²) in [6.45, 7) is 8.08. The lowest BCUT2D eigenvalue weighted by atomic mass is 9.99. The van der Waals surface area contributed by atoms with Crippen molar-refractivity contribution in [3.8, 4) is 0 Å². The highest BCUT2D eigenvalue weighted by molar-refractivity contribution is 7.93. The van der Waals surface area contributed by atoms with Gasteiger partial charge in [-0.2, -0.15) is 0 Å². The molecule has 2 fully saturated rings. The van der Waals surface area contributed by atoms with Gasteiger partial charge in [0.2, 0.25) is 10.0 Å². The van der Waals surface area contributed by atoms with Crippen molar-refractivity contribution >= 4 is 27.4 Å². The van der Waals surface area contributed by atoms with Gasteiger partial charge in [-0.15, -0.1) is 0 Å². The van der Waals surface area contributed by atoms with E-state index in [-0.39, 0.29) is 30.0 Å². The Balaban J connectivity index is 1.44. The maximum atomic E-state index is 15.0. The number of piperazine rings is 1. The molecule has 1 aromatic heterocycles. The molecule has 1 unspecified atom stereocenters. The smallest absolute Gasteiger partial charge is 0.256 e. The van der Waals surface area contributed by atoms with Crippen LogP contribution in [0.2, 0.25) is 0 Å². The first-order chi connectivity index (χ1) is 16.7. The Morgan fingerprint density at radius 1 is 1.23 bits per heavy atom. The number of sulfonamides is 1. The van der Waals surface area contributed by atoms with Crippen LogP contribution in [0.5, 0.6) is 0 Å². The molecule has 190 valence electrons. The predicted molar refractivity (Wildman–Crippen MR) is 134 cm³/mol. The van der Waals surface area contributed by atoms with Gasteiger partial charge in [0.15, 0.2) is 0 Å². The standard InChI is InChI=1S/C25H33FN4O4S/c1-4-17(2)19-13-18(3)24(27-15-19)28-8-10-29(11-9-28)25(32)22-6-5-20(14-23(22)26)30-21(16-31)7-12-35(30,33)34/h5-6,13-15,17,21,31H,4,7-12,16H2,1-3H3/t17?,21-/m0/s1. The predicted octanol–water partition coefficient (Wildman–Crippen LogP) is 2.91. The third-order valence-electron chi connectivity index (χ3n) is 7.11. The number of anilines is 2. The van der Waals surface area contributed by atoms with Gasteiger partial charge in [0, 0.05) is 32.4 Å². The molecule has 10 heteroatoms. The number of carbonyl (C=O) groups excluding carboxylic acids is 1. The summed E-state index contributed by atoms with van der Waals surface area (Å²) in [5, 5.41) is 9.51. The zero-order chi connectivity index (χ0) is 25.3. The van der Waals surface area contributed by atoms with Gasteiger partial charge in [-0.25, -0.2) is 17.8 Å². The summed E-state index contributed by atoms with van der Waals surface area (Å²) in [6.07, 6.45) is 3.25. The highest BCUT2D eigenvalue weighted by Gasteiger charge is 2.37. The number of rotatable bonds is 6. The van der Waals surface area contributed by atoms with E-state index in [1.54, 1.807) is 4.90 Å². The van der Waals surface area contributed by atoms with Crippen LogP contribution in [0.4, 0.5) is 15.9 Å². The van der Waals surface area contributed by atoms with E-state index in [0.29, 0.717) is 32.1 Å². The Kier molecular flexibility index (Phi) is 7.32. The molecular weight excluding hydrogens is 471 g/mol. The normalized spacial score (nSPS) is 20.8. The van der Waals surface area contributed by atoms with Gasteiger partial charge >= 0.3 is 0 Å². The topological polar surface area (TPSA) is 94.1 Å². The highest BCUT2D eigenvalue weighted by Crippen LogP contribution is 2.31. The van der Waals surface area contributed by atoms with Crippen LogP contribution in [0.15, 0.2) is 30.5 Å². The molecule has 2 aliphatic rings. The Hall–Kier alpha value is -2.72. The van der Waals surface area contributed by atoms with Crippen molar-refractivity contribution in [1.82, 2.24) is 9.88 Å². The summed E-state index contributed by atoms with van der Waals surface area (Å²) in [5.74, 6) is 0.0656. The zero-order valence-corrected chi connectivity index (χ0v) is 21.3. The second-order valence-electron chi connectivity index (χ2n) is 9.40. The van der Waals surface area contributed by atoms with E-state index < -0.39 is 27.8 Å². The number of benzene rings is 1. The summed E-state index contributed by atoms with van der Waals surface area (Å²) >= 11 is 0. The quantitative estimate of drug-likeness (QED) is 0.650. The lowest BCUT2D eigenvalue weighted by molar-refractivity contribution is 0.0742. The minimum absolute atomic E-state index is 0.0912. The lowest BCUT2D eigenvalue weighted by Gasteiger charge is -2.36. The average Bonchev–Trinajstić information content (AvgIpc) is 3.17. The van der Waals surface area contributed by atoms with E-state index in [0.717, 1.165) is 28.2 Å². The lowest BCUT2D eigenvalue weighted by Crippen LogP contribution is -2.49. The molecule has 8 nitrogen and oxygen atoms in total. The molecule has 2 saturated heterocycles. The first kappa shape index (κ1) is 25.4. The number of aromatic nitrogens is 1. The van der Waals surface area contributed by atoms with Crippen LogP contribution in [0.25, 0.3) is 0 Å². The van der Waals surface area contributed by atoms with Crippen molar-refractivity contribution in [2.75, 3.05) is 47.7 Å². The van der Waals surface area contributed by atoms with Gasteiger partial charge < -0.3 is 14.9 Å². The largest absolute Gasteiger partial charge is 0.394 e. The van der Waals surface area contributed by atoms with E-state index >= 15 is 0 Å². The molecule has 2 aromatic rings. The van der Waals surface area contributed by atoms with Crippen molar-refractivity contribution < 1.29 is 22.7 Å². The number of halogens is 1. The molecule has 1 amide bonds. The number of pyridine rings is 1. The van der Waals surface area contributed by atoms with Crippen LogP contribution in [-0.4, -0.2) is 73.9 Å². The van der Waals surface area contributed by atoms with Crippen LogP contribution in [-0.2, 0) is 10.0 Å². The van der Waals surface area contributed by atoms with Crippen molar-refractivity contribution in [1.29, 1.82) is 0 Å². The molecule has 4 rings (SSSR count). The molecule has 35 heavy (non-hydrogen) atoms. The number of hydrogen-bond acceptors (Lipinski definition) is 6. The fourth-order valence-electron chi connectivity index (χ4n) is 4.80. The monoisotopic (exact) mass is 504 g/mol. The average molecular weight is 505 g/mol. The first-order valence-corrected chi connectivity index (χ1v) is 13.7. The Morgan fingerprint density at radius 3 is 2.54 bits per heavy atom. The van der Waals surface area contributed by atoms with Crippen LogP contribution in [0.1, 0.15) is 54.1 Å². The molecule has 0 spiro atoms. The van der Waals surface area contributed by atoms with E-state index in [1.165, 1.54) is 17.7 Å². The van der Waals surface area contributed by atoms with Gasteiger partial charge in [-0.1, -0.05) is 19.9 Å². The summed E-state index contributed by atoms with van der Waals surface area (Å²) in [4.78, 5) is 21.5. The van der Waals surface area contributed by atoms with Crippen molar-refractivity contribution in [2.24, 2.45) is 0 Å². The Bertz CT molecular complexity index is 1200. The van der Waals surface area contributed by atoms with Crippen LogP contribution in [0, 0.1) is 12.7 Å². The fraction of sp³-hybridized carbons (Fsp3) is 0.520. The number of amides is 1. The summed E-state index contributed by atoms with van der Waals surface area (Å²) < 4.78 is 40.7. The second-order valence-corrected chi connectivity index (χ2v) is 11.4. The molecule has 0 bridgehead atoms. The third-order valence-corrected chi connectivity index (χ3v) is 8.97. The van der Waals surface area contributed by atoms with Gasteiger partial charge in [0.25, 0.3) is 5.91 Å². The van der Waals surface area contributed by atoms with E-state index in [2.05, 4.69) is 29.8 Å². The molecule has 1 N–H and O–H groups in total. The number of aryl methyl sites for hydroxylation is 1. The molecule has 2 atom stereocenters. The van der Waals surface area contributed by atoms with Crippen molar-refractivity contribution in [3.63, 3.8) is 0 Å². The summed E-state index contributed by atoms with van der Waals surface area (Å²) in [6, 6.07) is 5.39. The van der Waals surface area contributed by atoms with Crippen LogP contribution >= 0.6 is 0 Å². The van der Waals surface area contributed by atoms with Crippen molar-refractivity contribution in [3.05, 3.63) is 53.0 Å². The molecule has 1 aromatic carbocycles.